The van der Waals surface area contributed by atoms with Gasteiger partial charge in [0.25, 0.3) is 0 Å². The average Bonchev–Trinajstić information content (AvgIpc) is 2.01. The first-order valence-corrected chi connectivity index (χ1v) is 5.67. The van der Waals surface area contributed by atoms with Crippen molar-refractivity contribution < 1.29 is 18.5 Å². The molecular formula is C7H10BNO4S. The van der Waals surface area contributed by atoms with Crippen molar-refractivity contribution in [2.75, 3.05) is 12.0 Å². The third-order valence-corrected chi connectivity index (χ3v) is 2.94. The van der Waals surface area contributed by atoms with E-state index in [9.17, 15) is 8.42 Å². The van der Waals surface area contributed by atoms with Crippen LogP contribution >= 0.6 is 0 Å². The van der Waals surface area contributed by atoms with Gasteiger partial charge in [-0.3, -0.25) is 0 Å². The second-order valence-corrected chi connectivity index (χ2v) is 4.86. The fourth-order valence-electron chi connectivity index (χ4n) is 1.20. The Hall–Kier alpha value is -1.05. The average molecular weight is 215 g/mol. The van der Waals surface area contributed by atoms with Crippen molar-refractivity contribution in [1.82, 2.24) is 0 Å². The molecule has 0 unspecified atom stereocenters. The van der Waals surface area contributed by atoms with Gasteiger partial charge in [0.1, 0.15) is 0 Å². The molecule has 0 atom stereocenters. The van der Waals surface area contributed by atoms with Gasteiger partial charge in [-0.25, -0.2) is 8.42 Å². The quantitative estimate of drug-likeness (QED) is 0.405. The summed E-state index contributed by atoms with van der Waals surface area (Å²) in [5.41, 5.74) is 5.35. The zero-order chi connectivity index (χ0) is 10.9. The van der Waals surface area contributed by atoms with Crippen LogP contribution in [0.2, 0.25) is 0 Å². The lowest BCUT2D eigenvalue weighted by atomic mass is 9.80. The molecule has 0 aliphatic carbocycles. The monoisotopic (exact) mass is 215 g/mol. The van der Waals surface area contributed by atoms with Gasteiger partial charge < -0.3 is 15.8 Å². The number of hydrogen-bond acceptors (Lipinski definition) is 5. The van der Waals surface area contributed by atoms with Crippen LogP contribution in [-0.4, -0.2) is 31.8 Å². The Morgan fingerprint density at radius 2 is 1.93 bits per heavy atom. The van der Waals surface area contributed by atoms with Crippen LogP contribution in [0.15, 0.2) is 23.1 Å². The molecule has 0 amide bonds. The highest BCUT2D eigenvalue weighted by molar-refractivity contribution is 7.91. The van der Waals surface area contributed by atoms with Crippen LogP contribution in [0.1, 0.15) is 0 Å². The minimum atomic E-state index is -3.55. The molecule has 5 nitrogen and oxygen atoms in total. The molecule has 4 N–H and O–H groups in total. The highest BCUT2D eigenvalue weighted by Gasteiger charge is 2.23. The van der Waals surface area contributed by atoms with Gasteiger partial charge in [0.15, 0.2) is 9.84 Å². The summed E-state index contributed by atoms with van der Waals surface area (Å²) in [6.45, 7) is 0. The zero-order valence-corrected chi connectivity index (χ0v) is 8.32. The number of anilines is 1. The molecule has 0 bridgehead atoms. The van der Waals surface area contributed by atoms with E-state index in [1.165, 1.54) is 18.2 Å². The minimum absolute atomic E-state index is 0.0121. The molecule has 0 aliphatic heterocycles. The molecule has 0 aromatic heterocycles. The smallest absolute Gasteiger partial charge is 0.423 e. The predicted octanol–water partition coefficient (Wildman–Crippen LogP) is -1.65. The normalized spacial score (nSPS) is 11.4. The summed E-state index contributed by atoms with van der Waals surface area (Å²) >= 11 is 0. The Morgan fingerprint density at radius 3 is 2.29 bits per heavy atom. The highest BCUT2D eigenvalue weighted by Crippen LogP contribution is 2.15. The van der Waals surface area contributed by atoms with Crippen molar-refractivity contribution in [3.8, 4) is 0 Å². The molecule has 0 aliphatic rings. The number of benzene rings is 1. The molecular weight excluding hydrogens is 205 g/mol. The molecule has 0 spiro atoms. The van der Waals surface area contributed by atoms with Gasteiger partial charge in [-0.15, -0.1) is 0 Å². The van der Waals surface area contributed by atoms with Crippen LogP contribution in [0.5, 0.6) is 0 Å². The molecule has 1 aromatic rings. The van der Waals surface area contributed by atoms with Crippen molar-refractivity contribution in [3.63, 3.8) is 0 Å². The van der Waals surface area contributed by atoms with Crippen molar-refractivity contribution in [1.29, 1.82) is 0 Å². The second-order valence-electron chi connectivity index (χ2n) is 2.91. The van der Waals surface area contributed by atoms with Crippen molar-refractivity contribution in [3.05, 3.63) is 18.2 Å². The zero-order valence-electron chi connectivity index (χ0n) is 7.51. The van der Waals surface area contributed by atoms with E-state index in [0.717, 1.165) is 6.26 Å². The highest BCUT2D eigenvalue weighted by atomic mass is 32.2. The summed E-state index contributed by atoms with van der Waals surface area (Å²) in [7, 11) is -5.40. The lowest BCUT2D eigenvalue weighted by Gasteiger charge is -2.09. The van der Waals surface area contributed by atoms with E-state index in [4.69, 9.17) is 15.8 Å². The molecule has 1 rings (SSSR count). The van der Waals surface area contributed by atoms with Gasteiger partial charge in [0.05, 0.1) is 4.90 Å². The number of sulfone groups is 1. The van der Waals surface area contributed by atoms with Crippen molar-refractivity contribution in [2.45, 2.75) is 4.90 Å². The summed E-state index contributed by atoms with van der Waals surface area (Å²) in [6.07, 6.45) is 0.963. The van der Waals surface area contributed by atoms with E-state index in [1.807, 2.05) is 0 Å². The van der Waals surface area contributed by atoms with E-state index < -0.39 is 17.0 Å². The third kappa shape index (κ3) is 2.06. The van der Waals surface area contributed by atoms with Gasteiger partial charge in [0, 0.05) is 17.4 Å². The Balaban J connectivity index is 3.54. The largest absolute Gasteiger partial charge is 0.489 e. The van der Waals surface area contributed by atoms with E-state index >= 15 is 0 Å². The van der Waals surface area contributed by atoms with E-state index in [2.05, 4.69) is 0 Å². The lowest BCUT2D eigenvalue weighted by molar-refractivity contribution is 0.424. The van der Waals surface area contributed by atoms with Crippen LogP contribution in [0, 0.1) is 0 Å². The molecule has 0 saturated heterocycles. The number of hydrogen-bond donors (Lipinski definition) is 3. The third-order valence-electron chi connectivity index (χ3n) is 1.72. The van der Waals surface area contributed by atoms with Gasteiger partial charge in [0.2, 0.25) is 0 Å². The Morgan fingerprint density at radius 1 is 1.36 bits per heavy atom. The first-order valence-electron chi connectivity index (χ1n) is 3.78. The summed E-state index contributed by atoms with van der Waals surface area (Å²) in [6, 6.07) is 4.15. The second kappa shape index (κ2) is 3.60. The Labute approximate surface area is 82.2 Å². The summed E-state index contributed by atoms with van der Waals surface area (Å²) in [5.74, 6) is 0. The van der Waals surface area contributed by atoms with E-state index in [1.54, 1.807) is 0 Å². The summed E-state index contributed by atoms with van der Waals surface area (Å²) in [5, 5.41) is 17.9. The van der Waals surface area contributed by atoms with Crippen LogP contribution in [0.3, 0.4) is 0 Å². The SMILES string of the molecule is CS(=O)(=O)c1c(N)cccc1B(O)O. The van der Waals surface area contributed by atoms with Crippen molar-refractivity contribution >= 4 is 28.1 Å². The molecule has 0 heterocycles. The van der Waals surface area contributed by atoms with Gasteiger partial charge in [-0.05, 0) is 6.07 Å². The fourth-order valence-corrected chi connectivity index (χ4v) is 2.30. The number of rotatable bonds is 2. The lowest BCUT2D eigenvalue weighted by Crippen LogP contribution is -2.34. The first-order chi connectivity index (χ1) is 6.34. The van der Waals surface area contributed by atoms with Crippen LogP contribution in [0.4, 0.5) is 5.69 Å². The molecule has 0 fully saturated rings. The topological polar surface area (TPSA) is 101 Å². The fraction of sp³-hybridized carbons (Fsp3) is 0.143. The molecule has 14 heavy (non-hydrogen) atoms. The Kier molecular flexibility index (Phi) is 2.84. The number of nitrogen functional groups attached to an aromatic ring is 1. The molecule has 1 aromatic carbocycles. The van der Waals surface area contributed by atoms with Gasteiger partial charge in [-0.2, -0.15) is 0 Å². The van der Waals surface area contributed by atoms with E-state index in [0.29, 0.717) is 0 Å². The van der Waals surface area contributed by atoms with Crippen molar-refractivity contribution in [2.24, 2.45) is 0 Å². The molecule has 7 heteroatoms. The standard InChI is InChI=1S/C7H10BNO4S/c1-14(12,13)7-5(8(10)11)3-2-4-6(7)9/h2-4,10-11H,9H2,1H3. The van der Waals surface area contributed by atoms with E-state index in [-0.39, 0.29) is 16.0 Å². The predicted molar refractivity (Wildman–Crippen MR) is 53.8 cm³/mol. The van der Waals surface area contributed by atoms with Gasteiger partial charge >= 0.3 is 7.12 Å². The minimum Gasteiger partial charge on any atom is -0.423 e. The Bertz CT molecular complexity index is 443. The summed E-state index contributed by atoms with van der Waals surface area (Å²) < 4.78 is 22.6. The maximum Gasteiger partial charge on any atom is 0.489 e. The molecule has 0 radical (unpaired) electrons. The van der Waals surface area contributed by atoms with Gasteiger partial charge in [-0.1, -0.05) is 12.1 Å². The van der Waals surface area contributed by atoms with Crippen LogP contribution < -0.4 is 11.2 Å². The number of nitrogens with two attached hydrogens (primary N) is 1. The maximum absolute atomic E-state index is 11.3. The maximum atomic E-state index is 11.3. The molecule has 0 saturated carbocycles. The van der Waals surface area contributed by atoms with Crippen LogP contribution in [-0.2, 0) is 9.84 Å². The first kappa shape index (κ1) is 11.0. The summed E-state index contributed by atoms with van der Waals surface area (Å²) in [4.78, 5) is -0.227. The van der Waals surface area contributed by atoms with Crippen LogP contribution in [0.25, 0.3) is 0 Å². The molecule has 76 valence electrons.